The van der Waals surface area contributed by atoms with E-state index in [9.17, 15) is 4.79 Å². The van der Waals surface area contributed by atoms with Crippen LogP contribution in [0.1, 0.15) is 24.0 Å². The molecule has 1 aromatic heterocycles. The summed E-state index contributed by atoms with van der Waals surface area (Å²) in [6.45, 7) is 2.72. The molecule has 1 N–H and O–H groups in total. The fourth-order valence-electron chi connectivity index (χ4n) is 3.47. The average Bonchev–Trinajstić information content (AvgIpc) is 2.68. The van der Waals surface area contributed by atoms with Gasteiger partial charge in [-0.25, -0.2) is 0 Å². The van der Waals surface area contributed by atoms with Gasteiger partial charge in [0, 0.05) is 31.2 Å². The predicted molar refractivity (Wildman–Crippen MR) is 109 cm³/mol. The fraction of sp³-hybridized carbons (Fsp3) is 0.429. The van der Waals surface area contributed by atoms with Gasteiger partial charge in [0.05, 0.1) is 5.92 Å². The lowest BCUT2D eigenvalue weighted by atomic mass is 9.96. The minimum atomic E-state index is 0.0500. The molecule has 0 spiro atoms. The number of amides is 1. The van der Waals surface area contributed by atoms with E-state index in [0.29, 0.717) is 0 Å². The molecule has 0 radical (unpaired) electrons. The first kappa shape index (κ1) is 18.9. The van der Waals surface area contributed by atoms with E-state index in [1.807, 2.05) is 42.2 Å². The topological polar surface area (TPSA) is 45.2 Å². The minimum absolute atomic E-state index is 0.0500. The number of carbonyl (C=O) groups excluding carboxylic acids is 1. The maximum atomic E-state index is 12.8. The SMILES string of the molecule is CSCCc1ccccc1NC(=O)C1CCCN(Cc2cccnc2)C1. The molecule has 26 heavy (non-hydrogen) atoms. The van der Waals surface area contributed by atoms with E-state index in [4.69, 9.17) is 0 Å². The number of hydrogen-bond donors (Lipinski definition) is 1. The number of anilines is 1. The van der Waals surface area contributed by atoms with Crippen LogP contribution in [0.25, 0.3) is 0 Å². The molecule has 1 fully saturated rings. The first-order chi connectivity index (χ1) is 12.8. The maximum Gasteiger partial charge on any atom is 0.228 e. The highest BCUT2D eigenvalue weighted by Crippen LogP contribution is 2.22. The quantitative estimate of drug-likeness (QED) is 0.805. The van der Waals surface area contributed by atoms with Gasteiger partial charge in [-0.1, -0.05) is 24.3 Å². The second-order valence-electron chi connectivity index (χ2n) is 6.82. The largest absolute Gasteiger partial charge is 0.326 e. The third kappa shape index (κ3) is 5.32. The molecule has 5 heteroatoms. The van der Waals surface area contributed by atoms with Crippen LogP contribution < -0.4 is 5.32 Å². The van der Waals surface area contributed by atoms with E-state index in [0.717, 1.165) is 50.3 Å². The molecular formula is C21H27N3OS. The summed E-state index contributed by atoms with van der Waals surface area (Å²) in [6.07, 6.45) is 8.82. The Morgan fingerprint density at radius 2 is 2.19 bits per heavy atom. The Labute approximate surface area is 160 Å². The van der Waals surface area contributed by atoms with E-state index in [1.54, 1.807) is 6.20 Å². The van der Waals surface area contributed by atoms with E-state index in [1.165, 1.54) is 11.1 Å². The van der Waals surface area contributed by atoms with Crippen LogP contribution in [0.4, 0.5) is 5.69 Å². The number of thioether (sulfide) groups is 1. The van der Waals surface area contributed by atoms with Crippen molar-refractivity contribution in [2.75, 3.05) is 30.4 Å². The number of aryl methyl sites for hydroxylation is 1. The molecule has 4 nitrogen and oxygen atoms in total. The summed E-state index contributed by atoms with van der Waals surface area (Å²) >= 11 is 1.83. The van der Waals surface area contributed by atoms with Gasteiger partial charge < -0.3 is 5.32 Å². The van der Waals surface area contributed by atoms with Crippen molar-refractivity contribution in [3.8, 4) is 0 Å². The molecule has 1 aromatic carbocycles. The van der Waals surface area contributed by atoms with Gasteiger partial charge in [0.15, 0.2) is 0 Å². The molecule has 1 unspecified atom stereocenters. The molecule has 1 aliphatic heterocycles. The molecule has 3 rings (SSSR count). The molecule has 0 bridgehead atoms. The number of likely N-dealkylation sites (tertiary alicyclic amines) is 1. The first-order valence-electron chi connectivity index (χ1n) is 9.25. The van der Waals surface area contributed by atoms with Crippen molar-refractivity contribution in [3.05, 3.63) is 59.9 Å². The highest BCUT2D eigenvalue weighted by atomic mass is 32.2. The van der Waals surface area contributed by atoms with Gasteiger partial charge in [0.2, 0.25) is 5.91 Å². The van der Waals surface area contributed by atoms with Crippen molar-refractivity contribution in [3.63, 3.8) is 0 Å². The molecule has 0 aliphatic carbocycles. The molecule has 0 saturated carbocycles. The third-order valence-electron chi connectivity index (χ3n) is 4.86. The number of rotatable bonds is 7. The number of para-hydroxylation sites is 1. The van der Waals surface area contributed by atoms with E-state index in [2.05, 4.69) is 33.6 Å². The summed E-state index contributed by atoms with van der Waals surface area (Å²) in [5.74, 6) is 1.27. The zero-order valence-electron chi connectivity index (χ0n) is 15.4. The summed E-state index contributed by atoms with van der Waals surface area (Å²) in [5, 5.41) is 3.19. The second-order valence-corrected chi connectivity index (χ2v) is 7.81. The average molecular weight is 370 g/mol. The van der Waals surface area contributed by atoms with E-state index >= 15 is 0 Å². The second kappa shape index (κ2) is 9.74. The van der Waals surface area contributed by atoms with Crippen LogP contribution in [0.2, 0.25) is 0 Å². The summed E-state index contributed by atoms with van der Waals surface area (Å²) in [6, 6.07) is 12.2. The third-order valence-corrected chi connectivity index (χ3v) is 5.47. The maximum absolute atomic E-state index is 12.8. The van der Waals surface area contributed by atoms with Crippen LogP contribution in [0.5, 0.6) is 0 Å². The zero-order valence-corrected chi connectivity index (χ0v) is 16.2. The molecule has 1 saturated heterocycles. The summed E-state index contributed by atoms with van der Waals surface area (Å²) in [7, 11) is 0. The molecule has 1 aliphatic rings. The first-order valence-corrected chi connectivity index (χ1v) is 10.6. The van der Waals surface area contributed by atoms with Crippen molar-refractivity contribution in [1.29, 1.82) is 0 Å². The Balaban J connectivity index is 1.59. The number of nitrogens with zero attached hydrogens (tertiary/aromatic N) is 2. The lowest BCUT2D eigenvalue weighted by Crippen LogP contribution is -2.40. The minimum Gasteiger partial charge on any atom is -0.326 e. The van der Waals surface area contributed by atoms with Crippen LogP contribution in [0.3, 0.4) is 0 Å². The van der Waals surface area contributed by atoms with E-state index < -0.39 is 0 Å². The number of nitrogens with one attached hydrogen (secondary N) is 1. The number of pyridine rings is 1. The van der Waals surface area contributed by atoms with Gasteiger partial charge in [-0.2, -0.15) is 11.8 Å². The predicted octanol–water partition coefficient (Wildman–Crippen LogP) is 3.84. The van der Waals surface area contributed by atoms with Gasteiger partial charge in [-0.05, 0) is 61.1 Å². The van der Waals surface area contributed by atoms with Crippen molar-refractivity contribution in [2.24, 2.45) is 5.92 Å². The number of benzene rings is 1. The lowest BCUT2D eigenvalue weighted by molar-refractivity contribution is -0.121. The summed E-state index contributed by atoms with van der Waals surface area (Å²) in [5.41, 5.74) is 3.39. The van der Waals surface area contributed by atoms with Gasteiger partial charge in [0.25, 0.3) is 0 Å². The molecule has 1 atom stereocenters. The highest BCUT2D eigenvalue weighted by molar-refractivity contribution is 7.98. The van der Waals surface area contributed by atoms with Crippen LogP contribution >= 0.6 is 11.8 Å². The zero-order chi connectivity index (χ0) is 18.2. The Morgan fingerprint density at radius 1 is 1.31 bits per heavy atom. The van der Waals surface area contributed by atoms with Crippen molar-refractivity contribution >= 4 is 23.4 Å². The van der Waals surface area contributed by atoms with E-state index in [-0.39, 0.29) is 11.8 Å². The lowest BCUT2D eigenvalue weighted by Gasteiger charge is -2.32. The number of carbonyl (C=O) groups is 1. The van der Waals surface area contributed by atoms with Crippen LogP contribution in [-0.2, 0) is 17.8 Å². The van der Waals surface area contributed by atoms with Crippen molar-refractivity contribution < 1.29 is 4.79 Å². The normalized spacial score (nSPS) is 17.8. The smallest absolute Gasteiger partial charge is 0.228 e. The van der Waals surface area contributed by atoms with Gasteiger partial charge in [-0.15, -0.1) is 0 Å². The van der Waals surface area contributed by atoms with Crippen LogP contribution in [-0.4, -0.2) is 40.9 Å². The number of piperidine rings is 1. The van der Waals surface area contributed by atoms with Crippen LogP contribution in [0.15, 0.2) is 48.8 Å². The molecular weight excluding hydrogens is 342 g/mol. The van der Waals surface area contributed by atoms with Gasteiger partial charge >= 0.3 is 0 Å². The number of hydrogen-bond acceptors (Lipinski definition) is 4. The Hall–Kier alpha value is -1.85. The fourth-order valence-corrected chi connectivity index (χ4v) is 3.89. The molecule has 138 valence electrons. The standard InChI is InChI=1S/C21H27N3OS/c1-26-13-10-18-7-2-3-9-20(18)23-21(25)19-8-5-12-24(16-19)15-17-6-4-11-22-14-17/h2-4,6-7,9,11,14,19H,5,8,10,12-13,15-16H2,1H3,(H,23,25). The van der Waals surface area contributed by atoms with Gasteiger partial charge in [0.1, 0.15) is 0 Å². The number of aromatic nitrogens is 1. The Bertz CT molecular complexity index is 707. The molecule has 1 amide bonds. The van der Waals surface area contributed by atoms with Gasteiger partial charge in [-0.3, -0.25) is 14.7 Å². The van der Waals surface area contributed by atoms with Crippen molar-refractivity contribution in [1.82, 2.24) is 9.88 Å². The summed E-state index contributed by atoms with van der Waals surface area (Å²) in [4.78, 5) is 19.4. The Morgan fingerprint density at radius 3 is 3.00 bits per heavy atom. The Kier molecular flexibility index (Phi) is 7.09. The monoisotopic (exact) mass is 369 g/mol. The summed E-state index contributed by atoms with van der Waals surface area (Å²) < 4.78 is 0. The van der Waals surface area contributed by atoms with Crippen molar-refractivity contribution in [2.45, 2.75) is 25.8 Å². The van der Waals surface area contributed by atoms with Crippen LogP contribution in [0, 0.1) is 5.92 Å². The molecule has 2 heterocycles. The molecule has 2 aromatic rings. The highest BCUT2D eigenvalue weighted by Gasteiger charge is 2.26.